The number of hydrogen-bond donors (Lipinski definition) is 2. The molecule has 0 unspecified atom stereocenters. The zero-order valence-electron chi connectivity index (χ0n) is 15.0. The fraction of sp³-hybridized carbons (Fsp3) is 0.105. The van der Waals surface area contributed by atoms with Crippen LogP contribution in [0.25, 0.3) is 21.3 Å². The van der Waals surface area contributed by atoms with Gasteiger partial charge in [0.05, 0.1) is 16.5 Å². The molecule has 0 amide bonds. The van der Waals surface area contributed by atoms with Gasteiger partial charge in [-0.15, -0.1) is 0 Å². The van der Waals surface area contributed by atoms with Crippen molar-refractivity contribution in [2.75, 3.05) is 11.6 Å². The zero-order valence-corrected chi connectivity index (χ0v) is 16.6. The minimum atomic E-state index is -3.24. The molecule has 2 N–H and O–H groups in total. The Bertz CT molecular complexity index is 1220. The lowest BCUT2D eigenvalue weighted by atomic mass is 10.1. The van der Waals surface area contributed by atoms with Crippen LogP contribution < -0.4 is 10.0 Å². The van der Waals surface area contributed by atoms with Gasteiger partial charge in [-0.1, -0.05) is 17.4 Å². The van der Waals surface area contributed by atoms with Gasteiger partial charge in [-0.25, -0.2) is 23.1 Å². The zero-order chi connectivity index (χ0) is 19.6. The maximum Gasteiger partial charge on any atom is 0.209 e. The molecule has 0 fully saturated rings. The van der Waals surface area contributed by atoms with E-state index in [9.17, 15) is 8.42 Å². The molecule has 0 spiro atoms. The first-order chi connectivity index (χ1) is 13.5. The van der Waals surface area contributed by atoms with Crippen LogP contribution in [0.15, 0.2) is 61.1 Å². The van der Waals surface area contributed by atoms with E-state index >= 15 is 0 Å². The van der Waals surface area contributed by atoms with Crippen molar-refractivity contribution in [2.24, 2.45) is 0 Å². The van der Waals surface area contributed by atoms with Crippen LogP contribution in [-0.4, -0.2) is 29.6 Å². The summed E-state index contributed by atoms with van der Waals surface area (Å²) in [6, 6.07) is 13.6. The molecule has 4 rings (SSSR count). The van der Waals surface area contributed by atoms with Gasteiger partial charge < -0.3 is 5.32 Å². The number of anilines is 2. The van der Waals surface area contributed by atoms with Crippen molar-refractivity contribution in [1.29, 1.82) is 0 Å². The third-order valence-corrected chi connectivity index (χ3v) is 5.60. The molecule has 0 saturated carbocycles. The highest BCUT2D eigenvalue weighted by Gasteiger charge is 2.08. The predicted molar refractivity (Wildman–Crippen MR) is 112 cm³/mol. The van der Waals surface area contributed by atoms with Gasteiger partial charge in [0.2, 0.25) is 10.0 Å². The largest absolute Gasteiger partial charge is 0.316 e. The summed E-state index contributed by atoms with van der Waals surface area (Å²) in [7, 11) is -3.24. The maximum absolute atomic E-state index is 11.3. The number of hydrogen-bond acceptors (Lipinski definition) is 7. The average Bonchev–Trinajstić information content (AvgIpc) is 3.08. The Morgan fingerprint density at radius 3 is 2.61 bits per heavy atom. The number of rotatable bonds is 6. The first-order valence-corrected chi connectivity index (χ1v) is 11.1. The lowest BCUT2D eigenvalue weighted by molar-refractivity contribution is 0.587. The Labute approximate surface area is 166 Å². The van der Waals surface area contributed by atoms with Crippen molar-refractivity contribution in [3.05, 3.63) is 66.6 Å². The average molecular weight is 412 g/mol. The summed E-state index contributed by atoms with van der Waals surface area (Å²) in [6.45, 7) is 0.213. The Morgan fingerprint density at radius 2 is 1.82 bits per heavy atom. The number of nitrogens with one attached hydrogen (secondary N) is 2. The third kappa shape index (κ3) is 4.50. The van der Waals surface area contributed by atoms with Crippen molar-refractivity contribution in [3.63, 3.8) is 0 Å². The number of benzene rings is 1. The first-order valence-electron chi connectivity index (χ1n) is 8.44. The van der Waals surface area contributed by atoms with E-state index in [4.69, 9.17) is 0 Å². The third-order valence-electron chi connectivity index (χ3n) is 4.00. The Kier molecular flexibility index (Phi) is 5.03. The van der Waals surface area contributed by atoms with E-state index in [-0.39, 0.29) is 6.54 Å². The highest BCUT2D eigenvalue weighted by Crippen LogP contribution is 2.31. The lowest BCUT2D eigenvalue weighted by Crippen LogP contribution is -2.21. The minimum absolute atomic E-state index is 0.213. The number of aromatic nitrogens is 3. The second-order valence-corrected chi connectivity index (χ2v) is 9.07. The molecule has 0 bridgehead atoms. The maximum atomic E-state index is 11.3. The quantitative estimate of drug-likeness (QED) is 0.504. The molecular formula is C19H17N5O2S2. The molecule has 28 heavy (non-hydrogen) atoms. The van der Waals surface area contributed by atoms with Gasteiger partial charge in [-0.05, 0) is 53.1 Å². The number of fused-ring (bicyclic) bond motifs is 1. The van der Waals surface area contributed by atoms with Gasteiger partial charge in [0.15, 0.2) is 5.13 Å². The summed E-state index contributed by atoms with van der Waals surface area (Å²) in [5.41, 5.74) is 3.92. The van der Waals surface area contributed by atoms with Gasteiger partial charge in [0, 0.05) is 25.1 Å². The van der Waals surface area contributed by atoms with Gasteiger partial charge in [-0.2, -0.15) is 0 Å². The summed E-state index contributed by atoms with van der Waals surface area (Å²) in [6.07, 6.45) is 6.32. The van der Waals surface area contributed by atoms with Gasteiger partial charge >= 0.3 is 0 Å². The summed E-state index contributed by atoms with van der Waals surface area (Å²) in [5.74, 6) is 0.612. The fourth-order valence-corrected chi connectivity index (χ4v) is 4.02. The van der Waals surface area contributed by atoms with Crippen molar-refractivity contribution in [2.45, 2.75) is 6.54 Å². The molecule has 3 heterocycles. The topological polar surface area (TPSA) is 96.9 Å². The molecule has 3 aromatic heterocycles. The number of nitrogens with zero attached hydrogens (tertiary/aromatic N) is 3. The van der Waals surface area contributed by atoms with Crippen LogP contribution in [0, 0.1) is 0 Å². The van der Waals surface area contributed by atoms with Gasteiger partial charge in [-0.3, -0.25) is 4.98 Å². The fourth-order valence-electron chi connectivity index (χ4n) is 2.68. The van der Waals surface area contributed by atoms with E-state index in [0.29, 0.717) is 5.82 Å². The molecule has 0 radical (unpaired) electrons. The Balaban J connectivity index is 1.55. The van der Waals surface area contributed by atoms with E-state index in [1.165, 1.54) is 11.3 Å². The van der Waals surface area contributed by atoms with Crippen LogP contribution in [0.1, 0.15) is 5.56 Å². The Morgan fingerprint density at radius 1 is 1.00 bits per heavy atom. The van der Waals surface area contributed by atoms with Crippen molar-refractivity contribution in [3.8, 4) is 11.1 Å². The first kappa shape index (κ1) is 18.5. The number of thiazole rings is 1. The van der Waals surface area contributed by atoms with E-state index in [1.54, 1.807) is 30.7 Å². The highest BCUT2D eigenvalue weighted by molar-refractivity contribution is 7.88. The molecule has 7 nitrogen and oxygen atoms in total. The summed E-state index contributed by atoms with van der Waals surface area (Å²) < 4.78 is 26.0. The molecule has 0 aliphatic carbocycles. The Hall–Kier alpha value is -2.88. The van der Waals surface area contributed by atoms with E-state index in [1.807, 2.05) is 24.3 Å². The smallest absolute Gasteiger partial charge is 0.209 e. The lowest BCUT2D eigenvalue weighted by Gasteiger charge is -2.05. The van der Waals surface area contributed by atoms with Gasteiger partial charge in [0.1, 0.15) is 5.82 Å². The molecular weight excluding hydrogens is 394 g/mol. The van der Waals surface area contributed by atoms with Crippen LogP contribution in [-0.2, 0) is 16.6 Å². The van der Waals surface area contributed by atoms with Crippen LogP contribution in [0.3, 0.4) is 0 Å². The van der Waals surface area contributed by atoms with Crippen molar-refractivity contribution in [1.82, 2.24) is 19.7 Å². The van der Waals surface area contributed by atoms with E-state index in [0.717, 1.165) is 38.3 Å². The number of pyridine rings is 2. The van der Waals surface area contributed by atoms with Crippen LogP contribution in [0.4, 0.5) is 10.9 Å². The summed E-state index contributed by atoms with van der Waals surface area (Å²) in [5, 5.41) is 3.92. The van der Waals surface area contributed by atoms with Crippen LogP contribution in [0.2, 0.25) is 0 Å². The van der Waals surface area contributed by atoms with Crippen molar-refractivity contribution >= 4 is 42.5 Å². The summed E-state index contributed by atoms with van der Waals surface area (Å²) in [4.78, 5) is 12.9. The SMILES string of the molecule is CS(=O)(=O)NCc1ccnc(Nc2nc3ccc(-c4ccncc4)cc3s2)c1. The van der Waals surface area contributed by atoms with E-state index in [2.05, 4.69) is 31.1 Å². The standard InChI is InChI=1S/C19H17N5O2S2/c1-28(25,26)22-12-13-4-9-21-18(10-13)24-19-23-16-3-2-15(11-17(16)27-19)14-5-7-20-8-6-14/h2-11,22H,12H2,1H3,(H,21,23,24). The van der Waals surface area contributed by atoms with Crippen LogP contribution in [0.5, 0.6) is 0 Å². The molecule has 0 aliphatic rings. The number of sulfonamides is 1. The predicted octanol–water partition coefficient (Wildman–Crippen LogP) is 3.55. The second-order valence-electron chi connectivity index (χ2n) is 6.21. The summed E-state index contributed by atoms with van der Waals surface area (Å²) >= 11 is 1.54. The van der Waals surface area contributed by atoms with Gasteiger partial charge in [0.25, 0.3) is 0 Å². The van der Waals surface area contributed by atoms with Crippen molar-refractivity contribution < 1.29 is 8.42 Å². The monoisotopic (exact) mass is 411 g/mol. The molecule has 0 aliphatic heterocycles. The molecule has 0 saturated heterocycles. The molecule has 142 valence electrons. The molecule has 0 atom stereocenters. The highest BCUT2D eigenvalue weighted by atomic mass is 32.2. The minimum Gasteiger partial charge on any atom is -0.316 e. The van der Waals surface area contributed by atoms with E-state index < -0.39 is 10.0 Å². The van der Waals surface area contributed by atoms with Crippen LogP contribution >= 0.6 is 11.3 Å². The normalized spacial score (nSPS) is 11.6. The molecule has 4 aromatic rings. The molecule has 9 heteroatoms. The molecule has 1 aromatic carbocycles. The second kappa shape index (κ2) is 7.63.